The van der Waals surface area contributed by atoms with E-state index < -0.39 is 0 Å². The van der Waals surface area contributed by atoms with Crippen LogP contribution in [0.2, 0.25) is 0 Å². The summed E-state index contributed by atoms with van der Waals surface area (Å²) in [5.41, 5.74) is 4.12. The van der Waals surface area contributed by atoms with E-state index in [9.17, 15) is 0 Å². The largest absolute Gasteiger partial charge is 0.198 e. The molecule has 0 spiro atoms. The van der Waals surface area contributed by atoms with E-state index in [1.807, 2.05) is 5.57 Å². The minimum atomic E-state index is 0.466. The van der Waals surface area contributed by atoms with E-state index in [0.29, 0.717) is 17.8 Å². The van der Waals surface area contributed by atoms with E-state index in [0.717, 1.165) is 41.9 Å². The summed E-state index contributed by atoms with van der Waals surface area (Å²) in [4.78, 5) is 0. The fraction of sp³-hybridized carbons (Fsp3) is 0.750. The summed E-state index contributed by atoms with van der Waals surface area (Å²) in [6.07, 6.45) is 34.0. The molecule has 4 rings (SSSR count). The van der Waals surface area contributed by atoms with Gasteiger partial charge in [-0.05, 0) is 124 Å². The van der Waals surface area contributed by atoms with Gasteiger partial charge in [0.15, 0.2) is 0 Å². The molecule has 37 heavy (non-hydrogen) atoms. The van der Waals surface area contributed by atoms with E-state index in [4.69, 9.17) is 5.26 Å². The minimum Gasteiger partial charge on any atom is -0.198 e. The normalized spacial score (nSPS) is 35.5. The Kier molecular flexibility index (Phi) is 10.4. The van der Waals surface area contributed by atoms with Crippen molar-refractivity contribution in [1.29, 1.82) is 5.26 Å². The van der Waals surface area contributed by atoms with Crippen LogP contribution < -0.4 is 0 Å². The fourth-order valence-electron chi connectivity index (χ4n) is 9.08. The van der Waals surface area contributed by atoms with Gasteiger partial charge < -0.3 is 0 Å². The molecule has 0 bridgehead atoms. The van der Waals surface area contributed by atoms with Gasteiger partial charge in [0.25, 0.3) is 0 Å². The van der Waals surface area contributed by atoms with Crippen LogP contribution in [0.5, 0.6) is 0 Å². The maximum Gasteiger partial charge on any atom is 0.0621 e. The fourth-order valence-corrected chi connectivity index (χ4v) is 9.08. The van der Waals surface area contributed by atoms with Crippen LogP contribution in [0, 0.1) is 58.2 Å². The molecule has 0 aromatic rings. The third-order valence-corrected chi connectivity index (χ3v) is 11.3. The van der Waals surface area contributed by atoms with Gasteiger partial charge in [0.2, 0.25) is 0 Å². The number of fused-ring (bicyclic) bond motifs is 1. The second-order valence-corrected chi connectivity index (χ2v) is 13.4. The predicted octanol–water partition coefficient (Wildman–Crippen LogP) is 10.8. The lowest BCUT2D eigenvalue weighted by atomic mass is 9.63. The Balaban J connectivity index is 1.51. The Bertz CT molecular complexity index is 890. The molecule has 0 aromatic carbocycles. The van der Waals surface area contributed by atoms with Crippen molar-refractivity contribution in [2.75, 3.05) is 0 Å². The molecule has 1 nitrogen and oxygen atoms in total. The van der Waals surface area contributed by atoms with E-state index in [2.05, 4.69) is 70.2 Å². The number of hydrogen-bond donors (Lipinski definition) is 0. The Hall–Kier alpha value is -1.55. The zero-order valence-corrected chi connectivity index (χ0v) is 24.6. The van der Waals surface area contributed by atoms with E-state index in [1.54, 1.807) is 5.57 Å². The lowest BCUT2D eigenvalue weighted by molar-refractivity contribution is 0.133. The molecule has 0 saturated heterocycles. The molecule has 0 heterocycles. The number of rotatable bonds is 11. The molecule has 0 aromatic heterocycles. The van der Waals surface area contributed by atoms with Crippen LogP contribution in [0.4, 0.5) is 0 Å². The maximum absolute atomic E-state index is 9.10. The van der Waals surface area contributed by atoms with E-state index >= 15 is 0 Å². The van der Waals surface area contributed by atoms with Crippen LogP contribution in [0.15, 0.2) is 47.6 Å². The zero-order valence-electron chi connectivity index (χ0n) is 24.6. The van der Waals surface area contributed by atoms with Crippen molar-refractivity contribution in [2.45, 2.75) is 124 Å². The van der Waals surface area contributed by atoms with E-state index in [-0.39, 0.29) is 0 Å². The second kappa shape index (κ2) is 13.5. The summed E-state index contributed by atoms with van der Waals surface area (Å²) >= 11 is 0. The summed E-state index contributed by atoms with van der Waals surface area (Å²) < 4.78 is 0. The van der Waals surface area contributed by atoms with Crippen molar-refractivity contribution in [3.63, 3.8) is 0 Å². The van der Waals surface area contributed by atoms with Crippen LogP contribution in [-0.2, 0) is 0 Å². The Morgan fingerprint density at radius 3 is 2.65 bits per heavy atom. The van der Waals surface area contributed by atoms with Crippen LogP contribution in [-0.4, -0.2) is 0 Å². The number of unbranched alkanes of at least 4 members (excludes halogenated alkanes) is 1. The van der Waals surface area contributed by atoms with E-state index in [1.165, 1.54) is 83.5 Å². The Morgan fingerprint density at radius 2 is 1.92 bits per heavy atom. The third-order valence-electron chi connectivity index (χ3n) is 11.3. The van der Waals surface area contributed by atoms with Gasteiger partial charge in [0.05, 0.1) is 6.07 Å². The molecule has 7 unspecified atom stereocenters. The Morgan fingerprint density at radius 1 is 1.11 bits per heavy atom. The van der Waals surface area contributed by atoms with Crippen LogP contribution in [0.3, 0.4) is 0 Å². The van der Waals surface area contributed by atoms with Crippen molar-refractivity contribution >= 4 is 0 Å². The standard InChI is InChI=1S/C36H55N/c1-5-7-8-9-11-16-28-22-30(29(6-2)17-14-15-20-37)24-31(23-28)32-25-33-21-27(3)36(4,35(33)26-32)34-18-12-10-13-19-34/h5,7-9,22,26-29,31-34H,6,10-19,21,23-25H2,1-4H3/b7-5-,9-8-. The highest BCUT2D eigenvalue weighted by Crippen LogP contribution is 2.62. The van der Waals surface area contributed by atoms with Crippen LogP contribution >= 0.6 is 0 Å². The molecule has 0 aliphatic heterocycles. The SMILES string of the molecule is C/C=C\C=C/CCC1C=C(C(CC)CCCC#N)CC(C2C=C3C(C2)CC(C)C3(C)C2CCCCC2)C1. The molecule has 0 radical (unpaired) electrons. The highest BCUT2D eigenvalue weighted by atomic mass is 14.6. The predicted molar refractivity (Wildman–Crippen MR) is 159 cm³/mol. The maximum atomic E-state index is 9.10. The van der Waals surface area contributed by atoms with Crippen LogP contribution in [0.25, 0.3) is 0 Å². The quantitative estimate of drug-likeness (QED) is 0.157. The van der Waals surface area contributed by atoms with Crippen molar-refractivity contribution in [2.24, 2.45) is 46.8 Å². The summed E-state index contributed by atoms with van der Waals surface area (Å²) in [5, 5.41) is 9.10. The number of hydrogen-bond acceptors (Lipinski definition) is 1. The van der Waals surface area contributed by atoms with Gasteiger partial charge in [0, 0.05) is 6.42 Å². The molecule has 2 fully saturated rings. The molecule has 0 amide bonds. The molecule has 0 N–H and O–H groups in total. The summed E-state index contributed by atoms with van der Waals surface area (Å²) in [5.74, 6) is 5.65. The van der Waals surface area contributed by atoms with Crippen molar-refractivity contribution in [1.82, 2.24) is 0 Å². The highest BCUT2D eigenvalue weighted by molar-refractivity contribution is 5.31. The van der Waals surface area contributed by atoms with Crippen LogP contribution in [0.1, 0.15) is 124 Å². The summed E-state index contributed by atoms with van der Waals surface area (Å²) in [6, 6.07) is 2.38. The molecule has 4 aliphatic rings. The summed E-state index contributed by atoms with van der Waals surface area (Å²) in [7, 11) is 0. The molecular formula is C36H55N. The average Bonchev–Trinajstić information content (AvgIpc) is 3.44. The van der Waals surface area contributed by atoms with Crippen molar-refractivity contribution in [3.8, 4) is 6.07 Å². The van der Waals surface area contributed by atoms with Crippen molar-refractivity contribution in [3.05, 3.63) is 47.6 Å². The second-order valence-electron chi connectivity index (χ2n) is 13.4. The monoisotopic (exact) mass is 501 g/mol. The molecule has 4 aliphatic carbocycles. The molecular weight excluding hydrogens is 446 g/mol. The van der Waals surface area contributed by atoms with Gasteiger partial charge in [-0.2, -0.15) is 5.26 Å². The number of allylic oxidation sites excluding steroid dienone is 8. The highest BCUT2D eigenvalue weighted by Gasteiger charge is 2.53. The molecule has 1 heteroatoms. The molecule has 7 atom stereocenters. The lowest BCUT2D eigenvalue weighted by Gasteiger charge is -2.42. The first kappa shape index (κ1) is 28.5. The number of nitriles is 1. The lowest BCUT2D eigenvalue weighted by Crippen LogP contribution is -2.33. The molecule has 204 valence electrons. The molecule has 2 saturated carbocycles. The van der Waals surface area contributed by atoms with Gasteiger partial charge in [0.1, 0.15) is 0 Å². The number of nitrogens with zero attached hydrogens (tertiary/aromatic N) is 1. The first-order chi connectivity index (χ1) is 18.0. The topological polar surface area (TPSA) is 23.8 Å². The van der Waals surface area contributed by atoms with Crippen molar-refractivity contribution < 1.29 is 0 Å². The third kappa shape index (κ3) is 6.54. The minimum absolute atomic E-state index is 0.466. The van der Waals surface area contributed by atoms with Gasteiger partial charge in [-0.15, -0.1) is 0 Å². The Labute approximate surface area is 229 Å². The average molecular weight is 502 g/mol. The van der Waals surface area contributed by atoms with Gasteiger partial charge >= 0.3 is 0 Å². The summed E-state index contributed by atoms with van der Waals surface area (Å²) in [6.45, 7) is 9.72. The smallest absolute Gasteiger partial charge is 0.0621 e. The van der Waals surface area contributed by atoms with Gasteiger partial charge in [-0.3, -0.25) is 0 Å². The first-order valence-corrected chi connectivity index (χ1v) is 16.1. The first-order valence-electron chi connectivity index (χ1n) is 16.1. The van der Waals surface area contributed by atoms with Gasteiger partial charge in [-0.25, -0.2) is 0 Å². The zero-order chi connectivity index (χ0) is 26.3. The van der Waals surface area contributed by atoms with Gasteiger partial charge in [-0.1, -0.05) is 87.6 Å².